The highest BCUT2D eigenvalue weighted by Gasteiger charge is 2.41. The molecule has 1 atom stereocenters. The van der Waals surface area contributed by atoms with E-state index in [4.69, 9.17) is 9.84 Å². The molecule has 0 spiro atoms. The van der Waals surface area contributed by atoms with Gasteiger partial charge in [-0.2, -0.15) is 5.26 Å². The van der Waals surface area contributed by atoms with Crippen LogP contribution in [0, 0.1) is 11.3 Å². The molecule has 0 saturated carbocycles. The molecule has 2 heterocycles. The summed E-state index contributed by atoms with van der Waals surface area (Å²) < 4.78 is 7.63. The normalized spacial score (nSPS) is 11.8. The van der Waals surface area contributed by atoms with E-state index in [-0.39, 0.29) is 23.4 Å². The van der Waals surface area contributed by atoms with Crippen LogP contribution in [0.3, 0.4) is 0 Å². The molecule has 0 fully saturated rings. The number of carbonyl (C=O) groups excluding carboxylic acids is 1. The van der Waals surface area contributed by atoms with Crippen molar-refractivity contribution in [3.05, 3.63) is 155 Å². The minimum Gasteiger partial charge on any atom is -0.479 e. The number of carbonyl (C=O) groups is 1. The molecule has 2 amide bonds. The van der Waals surface area contributed by atoms with Gasteiger partial charge in [0, 0.05) is 6.07 Å². The molecule has 0 unspecified atom stereocenters. The van der Waals surface area contributed by atoms with Crippen molar-refractivity contribution < 1.29 is 9.53 Å². The molecule has 4 aromatic carbocycles. The van der Waals surface area contributed by atoms with Crippen molar-refractivity contribution in [2.75, 3.05) is 12.4 Å². The number of methoxy groups -OCH3 is 1. The summed E-state index contributed by atoms with van der Waals surface area (Å²) in [4.78, 5) is 17.6. The monoisotopic (exact) mass is 578 g/mol. The van der Waals surface area contributed by atoms with E-state index in [1.807, 2.05) is 96.5 Å². The van der Waals surface area contributed by atoms with Crippen LogP contribution in [0.25, 0.3) is 10.9 Å². The highest BCUT2D eigenvalue weighted by Crippen LogP contribution is 2.44. The molecule has 0 aliphatic carbocycles. The molecular weight excluding hydrogens is 548 g/mol. The molecule has 216 valence electrons. The number of aromatic nitrogens is 3. The first-order valence-electron chi connectivity index (χ1n) is 14.2. The summed E-state index contributed by atoms with van der Waals surface area (Å²) in [6, 6.07) is 43.1. The minimum absolute atomic E-state index is 0.0834. The van der Waals surface area contributed by atoms with E-state index in [9.17, 15) is 10.1 Å². The Bertz CT molecular complexity index is 1840. The molecule has 2 N–H and O–H groups in total. The zero-order chi connectivity index (χ0) is 30.5. The lowest BCUT2D eigenvalue weighted by Crippen LogP contribution is -2.38. The van der Waals surface area contributed by atoms with Gasteiger partial charge in [-0.25, -0.2) is 14.5 Å². The van der Waals surface area contributed by atoms with Crippen molar-refractivity contribution in [2.24, 2.45) is 0 Å². The summed E-state index contributed by atoms with van der Waals surface area (Å²) in [7, 11) is 1.52. The molecule has 6 rings (SSSR count). The van der Waals surface area contributed by atoms with Crippen LogP contribution in [-0.2, 0) is 5.54 Å². The number of hydrogen-bond donors (Lipinski definition) is 2. The lowest BCUT2D eigenvalue weighted by atomic mass is 9.77. The fourth-order valence-electron chi connectivity index (χ4n) is 5.73. The summed E-state index contributed by atoms with van der Waals surface area (Å²) >= 11 is 0. The number of urea groups is 1. The maximum absolute atomic E-state index is 13.1. The molecule has 0 bridgehead atoms. The van der Waals surface area contributed by atoms with Gasteiger partial charge in [0.15, 0.2) is 5.69 Å². The molecule has 0 saturated heterocycles. The third kappa shape index (κ3) is 5.01. The van der Waals surface area contributed by atoms with E-state index in [0.29, 0.717) is 10.9 Å². The van der Waals surface area contributed by atoms with Crippen LogP contribution in [0.15, 0.2) is 127 Å². The van der Waals surface area contributed by atoms with Gasteiger partial charge in [0.1, 0.15) is 22.8 Å². The predicted molar refractivity (Wildman–Crippen MR) is 170 cm³/mol. The zero-order valence-electron chi connectivity index (χ0n) is 24.3. The number of anilines is 1. The van der Waals surface area contributed by atoms with E-state index < -0.39 is 11.6 Å². The molecule has 0 aliphatic heterocycles. The third-order valence-electron chi connectivity index (χ3n) is 7.71. The van der Waals surface area contributed by atoms with Crippen molar-refractivity contribution in [1.29, 1.82) is 5.26 Å². The minimum atomic E-state index is -0.978. The van der Waals surface area contributed by atoms with Crippen molar-refractivity contribution in [2.45, 2.75) is 18.5 Å². The van der Waals surface area contributed by atoms with Gasteiger partial charge in [0.25, 0.3) is 0 Å². The Balaban J connectivity index is 1.58. The Hall–Kier alpha value is -5.94. The Labute approximate surface area is 255 Å². The molecule has 8 nitrogen and oxygen atoms in total. The van der Waals surface area contributed by atoms with Gasteiger partial charge in [-0.1, -0.05) is 121 Å². The van der Waals surface area contributed by atoms with Crippen LogP contribution in [0.1, 0.15) is 40.9 Å². The maximum atomic E-state index is 13.1. The number of nitrogens with one attached hydrogen (secondary N) is 2. The number of nitriles is 1. The number of amides is 2. The van der Waals surface area contributed by atoms with E-state index in [1.54, 1.807) is 6.07 Å². The van der Waals surface area contributed by atoms with Gasteiger partial charge in [-0.3, -0.25) is 5.32 Å². The van der Waals surface area contributed by atoms with E-state index in [0.717, 1.165) is 22.3 Å². The van der Waals surface area contributed by atoms with Gasteiger partial charge in [0.05, 0.1) is 18.7 Å². The largest absolute Gasteiger partial charge is 0.479 e. The van der Waals surface area contributed by atoms with Crippen molar-refractivity contribution in [3.63, 3.8) is 0 Å². The van der Waals surface area contributed by atoms with Crippen LogP contribution in [0.5, 0.6) is 5.88 Å². The first kappa shape index (κ1) is 28.2. The Kier molecular flexibility index (Phi) is 7.76. The van der Waals surface area contributed by atoms with E-state index >= 15 is 0 Å². The highest BCUT2D eigenvalue weighted by atomic mass is 16.5. The third-order valence-corrected chi connectivity index (χ3v) is 7.71. The first-order chi connectivity index (χ1) is 21.6. The summed E-state index contributed by atoms with van der Waals surface area (Å²) in [5.74, 6) is 0.462. The second-order valence-electron chi connectivity index (χ2n) is 10.3. The zero-order valence-corrected chi connectivity index (χ0v) is 24.3. The van der Waals surface area contributed by atoms with Gasteiger partial charge < -0.3 is 10.1 Å². The molecule has 8 heteroatoms. The van der Waals surface area contributed by atoms with Gasteiger partial charge >= 0.3 is 6.03 Å². The maximum Gasteiger partial charge on any atom is 0.320 e. The molecule has 44 heavy (non-hydrogen) atoms. The molecule has 0 radical (unpaired) electrons. The Morgan fingerprint density at radius 3 is 1.82 bits per heavy atom. The summed E-state index contributed by atoms with van der Waals surface area (Å²) in [5.41, 5.74) is 3.48. The number of benzene rings is 4. The summed E-state index contributed by atoms with van der Waals surface area (Å²) in [5, 5.41) is 21.5. The van der Waals surface area contributed by atoms with Gasteiger partial charge in [0.2, 0.25) is 5.88 Å². The van der Waals surface area contributed by atoms with Crippen LogP contribution in [-0.4, -0.2) is 27.9 Å². The van der Waals surface area contributed by atoms with Crippen molar-refractivity contribution >= 4 is 22.8 Å². The number of pyridine rings is 1. The standard InChI is InChI=1S/C36H30N6O2/c1-25(26-15-7-3-8-16-26)38-35(43)40-32-23-31-33(30(24-37)39-32)34(44-2)41-42(31)36(27-17-9-4-10-18-27,28-19-11-5-12-20-28)29-21-13-6-14-22-29/h3-23,25H,1-2H3,(H2,38,39,40,43)/t25-/m1/s1. The fourth-order valence-corrected chi connectivity index (χ4v) is 5.73. The number of rotatable bonds is 8. The molecular formula is C36H30N6O2. The van der Waals surface area contributed by atoms with Crippen molar-refractivity contribution in [1.82, 2.24) is 20.1 Å². The van der Waals surface area contributed by atoms with Crippen LogP contribution in [0.2, 0.25) is 0 Å². The fraction of sp³-hybridized carbons (Fsp3) is 0.111. The lowest BCUT2D eigenvalue weighted by molar-refractivity contribution is 0.249. The first-order valence-corrected chi connectivity index (χ1v) is 14.2. The number of hydrogen-bond acceptors (Lipinski definition) is 5. The van der Waals surface area contributed by atoms with Gasteiger partial charge in [-0.05, 0) is 29.2 Å². The number of ether oxygens (including phenoxy) is 1. The smallest absolute Gasteiger partial charge is 0.320 e. The van der Waals surface area contributed by atoms with Crippen LogP contribution in [0.4, 0.5) is 10.6 Å². The second kappa shape index (κ2) is 12.1. The number of nitrogens with zero attached hydrogens (tertiary/aromatic N) is 4. The topological polar surface area (TPSA) is 105 Å². The molecule has 2 aromatic heterocycles. The predicted octanol–water partition coefficient (Wildman–Crippen LogP) is 7.03. The quantitative estimate of drug-likeness (QED) is 0.189. The lowest BCUT2D eigenvalue weighted by Gasteiger charge is -2.36. The van der Waals surface area contributed by atoms with Gasteiger partial charge in [-0.15, -0.1) is 5.10 Å². The Morgan fingerprint density at radius 1 is 0.841 bits per heavy atom. The Morgan fingerprint density at radius 2 is 1.34 bits per heavy atom. The highest BCUT2D eigenvalue weighted by molar-refractivity contribution is 5.95. The van der Waals surface area contributed by atoms with Crippen molar-refractivity contribution in [3.8, 4) is 11.9 Å². The molecule has 0 aliphatic rings. The summed E-state index contributed by atoms with van der Waals surface area (Å²) in [6.07, 6.45) is 0. The van der Waals surface area contributed by atoms with Crippen LogP contribution >= 0.6 is 0 Å². The average Bonchev–Trinajstić information content (AvgIpc) is 3.45. The van der Waals surface area contributed by atoms with E-state index in [1.165, 1.54) is 7.11 Å². The van der Waals surface area contributed by atoms with E-state index in [2.05, 4.69) is 58.1 Å². The molecule has 6 aromatic rings. The van der Waals surface area contributed by atoms with Crippen LogP contribution < -0.4 is 15.4 Å². The number of fused-ring (bicyclic) bond motifs is 1. The summed E-state index contributed by atoms with van der Waals surface area (Å²) in [6.45, 7) is 1.90. The average molecular weight is 579 g/mol. The second-order valence-corrected chi connectivity index (χ2v) is 10.3. The SMILES string of the molecule is COc1nn(C(c2ccccc2)(c2ccccc2)c2ccccc2)c2cc(NC(=O)N[C@H](C)c3ccccc3)nc(C#N)c12.